The lowest BCUT2D eigenvalue weighted by atomic mass is 9.78. The van der Waals surface area contributed by atoms with Gasteiger partial charge < -0.3 is 9.47 Å². The summed E-state index contributed by atoms with van der Waals surface area (Å²) in [6.07, 6.45) is 0. The van der Waals surface area contributed by atoms with Gasteiger partial charge in [-0.2, -0.15) is 4.39 Å². The van der Waals surface area contributed by atoms with Crippen LogP contribution in [0.5, 0.6) is 0 Å². The Kier molecular flexibility index (Phi) is 6.84. The van der Waals surface area contributed by atoms with Crippen LogP contribution in [0.1, 0.15) is 34.3 Å². The van der Waals surface area contributed by atoms with Crippen molar-refractivity contribution < 1.29 is 23.5 Å². The molecule has 1 aliphatic heterocycles. The minimum Gasteiger partial charge on any atom is -0.462 e. The molecule has 1 aliphatic rings. The van der Waals surface area contributed by atoms with Crippen molar-refractivity contribution in [2.24, 2.45) is 0 Å². The van der Waals surface area contributed by atoms with E-state index in [4.69, 9.17) is 9.47 Å². The molecule has 1 unspecified atom stereocenters. The van der Waals surface area contributed by atoms with Gasteiger partial charge in [-0.15, -0.1) is 0 Å². The highest BCUT2D eigenvalue weighted by Gasteiger charge is 2.42. The van der Waals surface area contributed by atoms with Crippen molar-refractivity contribution in [2.45, 2.75) is 12.8 Å². The number of ketones is 1. The Balaban J connectivity index is 2.00. The predicted molar refractivity (Wildman–Crippen MR) is 127 cm³/mol. The van der Waals surface area contributed by atoms with Crippen LogP contribution in [0.3, 0.4) is 0 Å². The van der Waals surface area contributed by atoms with E-state index < -0.39 is 17.9 Å². The number of carbonyl (C=O) groups excluding carboxylic acids is 2. The van der Waals surface area contributed by atoms with Gasteiger partial charge in [0.25, 0.3) is 6.01 Å². The quantitative estimate of drug-likeness (QED) is 0.279. The Labute approximate surface area is 199 Å². The SMILES string of the molecule is CCOC(=O)C1=C(F)OC(c2ccccc2)=C(C(=O)c2ccccc2)C1c1ccc(Br)cc1. The average Bonchev–Trinajstić information content (AvgIpc) is 2.84. The van der Waals surface area contributed by atoms with E-state index in [9.17, 15) is 9.59 Å². The molecule has 0 fully saturated rings. The fourth-order valence-corrected chi connectivity index (χ4v) is 4.03. The zero-order valence-corrected chi connectivity index (χ0v) is 19.3. The van der Waals surface area contributed by atoms with Gasteiger partial charge in [0, 0.05) is 15.6 Å². The van der Waals surface area contributed by atoms with Gasteiger partial charge in [0.15, 0.2) is 5.78 Å². The van der Waals surface area contributed by atoms with Crippen molar-refractivity contribution in [2.75, 3.05) is 6.61 Å². The fraction of sp³-hybridized carbons (Fsp3) is 0.111. The first-order valence-corrected chi connectivity index (χ1v) is 11.2. The predicted octanol–water partition coefficient (Wildman–Crippen LogP) is 6.60. The number of benzene rings is 3. The molecule has 33 heavy (non-hydrogen) atoms. The number of ether oxygens (including phenoxy) is 2. The molecule has 3 aromatic carbocycles. The fourth-order valence-electron chi connectivity index (χ4n) is 3.77. The third kappa shape index (κ3) is 4.66. The standard InChI is InChI=1S/C27H20BrFO4/c1-2-32-27(31)23-21(17-13-15-20(28)16-14-17)22(24(30)18-9-5-3-6-10-18)25(33-26(23)29)19-11-7-4-8-12-19/h3-16,21H,2H2,1H3. The Morgan fingerprint density at radius 3 is 2.12 bits per heavy atom. The minimum atomic E-state index is -1.08. The Morgan fingerprint density at radius 2 is 1.52 bits per heavy atom. The molecule has 0 saturated heterocycles. The normalized spacial score (nSPS) is 15.8. The van der Waals surface area contributed by atoms with E-state index in [-0.39, 0.29) is 29.3 Å². The third-order valence-electron chi connectivity index (χ3n) is 5.24. The molecule has 0 amide bonds. The maximum absolute atomic E-state index is 15.4. The Bertz CT molecular complexity index is 1230. The summed E-state index contributed by atoms with van der Waals surface area (Å²) >= 11 is 3.40. The number of hydrogen-bond donors (Lipinski definition) is 0. The zero-order chi connectivity index (χ0) is 23.4. The van der Waals surface area contributed by atoms with E-state index in [0.29, 0.717) is 16.7 Å². The van der Waals surface area contributed by atoms with E-state index in [1.807, 2.05) is 6.07 Å². The molecule has 0 aromatic heterocycles. The Hall–Kier alpha value is -3.51. The van der Waals surface area contributed by atoms with Gasteiger partial charge in [0.05, 0.1) is 18.1 Å². The zero-order valence-electron chi connectivity index (χ0n) is 17.8. The monoisotopic (exact) mass is 506 g/mol. The molecule has 6 heteroatoms. The molecule has 166 valence electrons. The molecular formula is C27H20BrFO4. The highest BCUT2D eigenvalue weighted by molar-refractivity contribution is 9.10. The Morgan fingerprint density at radius 1 is 0.909 bits per heavy atom. The smallest absolute Gasteiger partial charge is 0.341 e. The van der Waals surface area contributed by atoms with Gasteiger partial charge in [0.1, 0.15) is 11.3 Å². The van der Waals surface area contributed by atoms with Crippen molar-refractivity contribution >= 4 is 33.4 Å². The van der Waals surface area contributed by atoms with Crippen molar-refractivity contribution in [3.05, 3.63) is 123 Å². The number of esters is 1. The molecule has 4 nitrogen and oxygen atoms in total. The minimum absolute atomic E-state index is 0.0554. The topological polar surface area (TPSA) is 52.6 Å². The van der Waals surface area contributed by atoms with Crippen LogP contribution in [0.25, 0.3) is 5.76 Å². The maximum Gasteiger partial charge on any atom is 0.341 e. The number of allylic oxidation sites excluding steroid dienone is 1. The second kappa shape index (κ2) is 9.96. The summed E-state index contributed by atoms with van der Waals surface area (Å²) in [5.41, 5.74) is 1.32. The first kappa shape index (κ1) is 22.7. The first-order chi connectivity index (χ1) is 16.0. The van der Waals surface area contributed by atoms with Crippen LogP contribution in [0, 0.1) is 0 Å². The van der Waals surface area contributed by atoms with Crippen molar-refractivity contribution in [1.29, 1.82) is 0 Å². The highest BCUT2D eigenvalue weighted by atomic mass is 79.9. The van der Waals surface area contributed by atoms with Gasteiger partial charge in [-0.3, -0.25) is 4.79 Å². The average molecular weight is 507 g/mol. The van der Waals surface area contributed by atoms with E-state index >= 15 is 4.39 Å². The lowest BCUT2D eigenvalue weighted by Crippen LogP contribution is -2.26. The van der Waals surface area contributed by atoms with Crippen molar-refractivity contribution in [3.63, 3.8) is 0 Å². The number of Topliss-reactive ketones (excluding diaryl/α,β-unsaturated/α-hetero) is 1. The molecule has 1 heterocycles. The largest absolute Gasteiger partial charge is 0.462 e. The van der Waals surface area contributed by atoms with E-state index in [2.05, 4.69) is 15.9 Å². The van der Waals surface area contributed by atoms with Crippen LogP contribution in [-0.2, 0) is 14.3 Å². The van der Waals surface area contributed by atoms with Crippen LogP contribution in [0.2, 0.25) is 0 Å². The lowest BCUT2D eigenvalue weighted by molar-refractivity contribution is -0.139. The number of hydrogen-bond acceptors (Lipinski definition) is 4. The van der Waals surface area contributed by atoms with E-state index in [1.165, 1.54) is 0 Å². The van der Waals surface area contributed by atoms with Crippen LogP contribution < -0.4 is 0 Å². The third-order valence-corrected chi connectivity index (χ3v) is 5.77. The van der Waals surface area contributed by atoms with Gasteiger partial charge in [-0.05, 0) is 24.6 Å². The molecule has 4 rings (SSSR count). The molecule has 0 N–H and O–H groups in total. The summed E-state index contributed by atoms with van der Waals surface area (Å²) in [7, 11) is 0. The van der Waals surface area contributed by atoms with Gasteiger partial charge >= 0.3 is 5.97 Å². The van der Waals surface area contributed by atoms with E-state index in [0.717, 1.165) is 4.47 Å². The second-order valence-corrected chi connectivity index (χ2v) is 8.21. The van der Waals surface area contributed by atoms with Crippen LogP contribution >= 0.6 is 15.9 Å². The van der Waals surface area contributed by atoms with Crippen LogP contribution in [-0.4, -0.2) is 18.4 Å². The molecule has 0 radical (unpaired) electrons. The van der Waals surface area contributed by atoms with Gasteiger partial charge in [-0.25, -0.2) is 4.79 Å². The van der Waals surface area contributed by atoms with Gasteiger partial charge in [0.2, 0.25) is 0 Å². The molecule has 3 aromatic rings. The van der Waals surface area contributed by atoms with Crippen molar-refractivity contribution in [3.8, 4) is 0 Å². The summed E-state index contributed by atoms with van der Waals surface area (Å²) in [5, 5.41) is 0. The highest BCUT2D eigenvalue weighted by Crippen LogP contribution is 2.45. The number of carbonyl (C=O) groups is 2. The van der Waals surface area contributed by atoms with E-state index in [1.54, 1.807) is 85.8 Å². The summed E-state index contributed by atoms with van der Waals surface area (Å²) < 4.78 is 26.9. The maximum atomic E-state index is 15.4. The summed E-state index contributed by atoms with van der Waals surface area (Å²) in [6.45, 7) is 1.69. The molecule has 0 spiro atoms. The number of halogens is 2. The van der Waals surface area contributed by atoms with Crippen LogP contribution in [0.15, 0.2) is 107 Å². The summed E-state index contributed by atoms with van der Waals surface area (Å²) in [4.78, 5) is 26.7. The molecule has 1 atom stereocenters. The number of rotatable bonds is 6. The summed E-state index contributed by atoms with van der Waals surface area (Å²) in [6, 6.07) is 23.4. The molecule has 0 bridgehead atoms. The van der Waals surface area contributed by atoms with Gasteiger partial charge in [-0.1, -0.05) is 88.7 Å². The summed E-state index contributed by atoms with van der Waals surface area (Å²) in [5.74, 6) is -2.18. The van der Waals surface area contributed by atoms with Crippen molar-refractivity contribution in [1.82, 2.24) is 0 Å². The van der Waals surface area contributed by atoms with Crippen LogP contribution in [0.4, 0.5) is 4.39 Å². The second-order valence-electron chi connectivity index (χ2n) is 7.30. The first-order valence-electron chi connectivity index (χ1n) is 10.4. The molecular weight excluding hydrogens is 487 g/mol. The lowest BCUT2D eigenvalue weighted by Gasteiger charge is -2.29. The molecule has 0 aliphatic carbocycles. The molecule has 0 saturated carbocycles.